The van der Waals surface area contributed by atoms with Gasteiger partial charge in [0, 0.05) is 5.92 Å². The Morgan fingerprint density at radius 1 is 1.34 bits per heavy atom. The van der Waals surface area contributed by atoms with Gasteiger partial charge in [-0.25, -0.2) is 0 Å². The monoisotopic (exact) mass is 474 g/mol. The van der Waals surface area contributed by atoms with Gasteiger partial charge in [-0.15, -0.1) is 0 Å². The molecule has 0 bridgehead atoms. The highest BCUT2D eigenvalue weighted by molar-refractivity contribution is 6.55. The van der Waals surface area contributed by atoms with Gasteiger partial charge in [-0.2, -0.15) is 5.26 Å². The third-order valence-corrected chi connectivity index (χ3v) is 6.57. The predicted octanol–water partition coefficient (Wildman–Crippen LogP) is 4.28. The zero-order valence-electron chi connectivity index (χ0n) is 17.6. The Morgan fingerprint density at radius 2 is 2.03 bits per heavy atom. The molecule has 7 nitrogen and oxygen atoms in total. The molecule has 9 heteroatoms. The van der Waals surface area contributed by atoms with Gasteiger partial charge in [0.25, 0.3) is 5.56 Å². The fourth-order valence-electron chi connectivity index (χ4n) is 4.40. The standard InChI is InChI=1S/C23H20Cl2N2O5/c1-11-13(8-26)21(29)27(9-12-4-5-15-16(6-12)32-10-31-15)22(30)18(11)20(28)19-14(7-17(24)25)23(19,2)3/h4-7,14,19,30H,9-10H2,1-3H3. The molecule has 2 atom stereocenters. The largest absolute Gasteiger partial charge is 0.494 e. The van der Waals surface area contributed by atoms with Crippen molar-refractivity contribution in [1.82, 2.24) is 4.57 Å². The van der Waals surface area contributed by atoms with Crippen LogP contribution in [-0.4, -0.2) is 22.2 Å². The van der Waals surface area contributed by atoms with Crippen LogP contribution in [0.15, 0.2) is 33.6 Å². The number of carbonyl (C=O) groups is 1. The lowest BCUT2D eigenvalue weighted by Gasteiger charge is -2.16. The smallest absolute Gasteiger partial charge is 0.271 e. The SMILES string of the molecule is Cc1c(C(=O)C2C(C=C(Cl)Cl)C2(C)C)c(O)n(Cc2ccc3c(c2)OCO3)c(=O)c1C#N. The minimum atomic E-state index is -0.674. The van der Waals surface area contributed by atoms with Gasteiger partial charge in [0.15, 0.2) is 17.3 Å². The normalized spacial score (nSPS) is 19.9. The first-order valence-electron chi connectivity index (χ1n) is 9.90. The summed E-state index contributed by atoms with van der Waals surface area (Å²) < 4.78 is 11.7. The Bertz CT molecular complexity index is 1270. The number of aromatic nitrogens is 1. The van der Waals surface area contributed by atoms with E-state index in [0.29, 0.717) is 17.1 Å². The fourth-order valence-corrected chi connectivity index (χ4v) is 4.67. The highest BCUT2D eigenvalue weighted by Gasteiger charge is 2.61. The van der Waals surface area contributed by atoms with Crippen LogP contribution in [-0.2, 0) is 6.54 Å². The second-order valence-corrected chi connectivity index (χ2v) is 9.54. The fraction of sp³-hybridized carbons (Fsp3) is 0.348. The maximum Gasteiger partial charge on any atom is 0.271 e. The average molecular weight is 475 g/mol. The number of carbonyl (C=O) groups excluding carboxylic acids is 1. The highest BCUT2D eigenvalue weighted by atomic mass is 35.5. The van der Waals surface area contributed by atoms with Crippen LogP contribution in [0.2, 0.25) is 0 Å². The number of fused-ring (bicyclic) bond motifs is 1. The molecule has 0 amide bonds. The molecule has 1 aliphatic carbocycles. The highest BCUT2D eigenvalue weighted by Crippen LogP contribution is 2.61. The van der Waals surface area contributed by atoms with Crippen LogP contribution in [0.25, 0.3) is 0 Å². The zero-order valence-corrected chi connectivity index (χ0v) is 19.1. The van der Waals surface area contributed by atoms with Crippen molar-refractivity contribution in [2.75, 3.05) is 6.79 Å². The number of pyridine rings is 1. The number of nitriles is 1. The number of hydrogen-bond donors (Lipinski definition) is 1. The number of allylic oxidation sites excluding steroid dienone is 1. The molecule has 1 N–H and O–H groups in total. The molecule has 166 valence electrons. The summed E-state index contributed by atoms with van der Waals surface area (Å²) in [7, 11) is 0. The molecule has 32 heavy (non-hydrogen) atoms. The average Bonchev–Trinajstić information content (AvgIpc) is 3.04. The summed E-state index contributed by atoms with van der Waals surface area (Å²) in [4.78, 5) is 26.4. The Kier molecular flexibility index (Phi) is 5.48. The molecule has 2 aliphatic rings. The number of halogens is 2. The van der Waals surface area contributed by atoms with E-state index in [9.17, 15) is 20.0 Å². The second kappa shape index (κ2) is 7.88. The lowest BCUT2D eigenvalue weighted by Crippen LogP contribution is -2.27. The predicted molar refractivity (Wildman–Crippen MR) is 118 cm³/mol. The molecule has 2 unspecified atom stereocenters. The number of benzene rings is 1. The van der Waals surface area contributed by atoms with E-state index in [4.69, 9.17) is 32.7 Å². The van der Waals surface area contributed by atoms with Gasteiger partial charge >= 0.3 is 0 Å². The first-order chi connectivity index (χ1) is 15.1. The first kappa shape index (κ1) is 22.3. The number of Topliss-reactive ketones (excluding diaryl/α,β-unsaturated/α-hetero) is 1. The van der Waals surface area contributed by atoms with Gasteiger partial charge in [0.05, 0.1) is 12.1 Å². The summed E-state index contributed by atoms with van der Waals surface area (Å²) in [5.74, 6) is -0.461. The van der Waals surface area contributed by atoms with E-state index in [1.54, 1.807) is 24.3 Å². The number of rotatable bonds is 5. The molecule has 0 saturated heterocycles. The maximum atomic E-state index is 13.5. The van der Waals surface area contributed by atoms with Crippen molar-refractivity contribution < 1.29 is 19.4 Å². The van der Waals surface area contributed by atoms with Crippen molar-refractivity contribution in [2.24, 2.45) is 17.3 Å². The molecule has 1 fully saturated rings. The van der Waals surface area contributed by atoms with Crippen molar-refractivity contribution in [3.8, 4) is 23.4 Å². The summed E-state index contributed by atoms with van der Waals surface area (Å²) in [6.45, 7) is 5.33. The number of aromatic hydroxyl groups is 1. The van der Waals surface area contributed by atoms with Crippen LogP contribution < -0.4 is 15.0 Å². The van der Waals surface area contributed by atoms with Crippen LogP contribution in [0.3, 0.4) is 0 Å². The molecule has 2 heterocycles. The third kappa shape index (κ3) is 3.54. The molecule has 1 aliphatic heterocycles. The summed E-state index contributed by atoms with van der Waals surface area (Å²) in [6, 6.07) is 6.99. The molecule has 1 saturated carbocycles. The van der Waals surface area contributed by atoms with Crippen molar-refractivity contribution in [3.05, 3.63) is 61.4 Å². The Morgan fingerprint density at radius 3 is 2.69 bits per heavy atom. The van der Waals surface area contributed by atoms with Crippen molar-refractivity contribution in [2.45, 2.75) is 27.3 Å². The molecule has 2 aromatic rings. The maximum absolute atomic E-state index is 13.5. The molecule has 1 aromatic carbocycles. The summed E-state index contributed by atoms with van der Waals surface area (Å²) >= 11 is 11.6. The van der Waals surface area contributed by atoms with E-state index in [0.717, 1.165) is 4.57 Å². The second-order valence-electron chi connectivity index (χ2n) is 8.53. The Hall–Kier alpha value is -2.95. The Labute approximate surface area is 194 Å². The Balaban J connectivity index is 1.79. The van der Waals surface area contributed by atoms with Gasteiger partial charge in [-0.05, 0) is 47.6 Å². The van der Waals surface area contributed by atoms with Gasteiger partial charge in [0.1, 0.15) is 16.1 Å². The van der Waals surface area contributed by atoms with E-state index < -0.39 is 22.8 Å². The lowest BCUT2D eigenvalue weighted by molar-refractivity contribution is 0.0946. The zero-order chi connectivity index (χ0) is 23.4. The first-order valence-corrected chi connectivity index (χ1v) is 10.7. The molecule has 0 radical (unpaired) electrons. The quantitative estimate of drug-likeness (QED) is 0.648. The number of nitrogens with zero attached hydrogens (tertiary/aromatic N) is 2. The van der Waals surface area contributed by atoms with Crippen LogP contribution in [0.5, 0.6) is 17.4 Å². The number of ketones is 1. The van der Waals surface area contributed by atoms with Crippen LogP contribution in [0.4, 0.5) is 0 Å². The molecular weight excluding hydrogens is 455 g/mol. The summed E-state index contributed by atoms with van der Waals surface area (Å²) in [5, 5.41) is 20.6. The van der Waals surface area contributed by atoms with Gasteiger partial charge in [-0.1, -0.05) is 43.1 Å². The summed E-state index contributed by atoms with van der Waals surface area (Å²) in [5.41, 5.74) is -0.541. The number of hydrogen-bond acceptors (Lipinski definition) is 6. The van der Waals surface area contributed by atoms with E-state index in [2.05, 4.69) is 0 Å². The van der Waals surface area contributed by atoms with Crippen LogP contribution in [0, 0.1) is 35.5 Å². The van der Waals surface area contributed by atoms with Gasteiger partial charge < -0.3 is 14.6 Å². The van der Waals surface area contributed by atoms with E-state index in [1.807, 2.05) is 19.9 Å². The van der Waals surface area contributed by atoms with Gasteiger partial charge in [0.2, 0.25) is 12.7 Å². The number of ether oxygens (including phenoxy) is 2. The molecule has 4 rings (SSSR count). The van der Waals surface area contributed by atoms with Crippen molar-refractivity contribution in [3.63, 3.8) is 0 Å². The molecule has 0 spiro atoms. The third-order valence-electron chi connectivity index (χ3n) is 6.32. The molecule has 1 aromatic heterocycles. The van der Waals surface area contributed by atoms with Crippen molar-refractivity contribution in [1.29, 1.82) is 5.26 Å². The lowest BCUT2D eigenvalue weighted by atomic mass is 9.96. The topological polar surface area (TPSA) is 102 Å². The summed E-state index contributed by atoms with van der Waals surface area (Å²) in [6.07, 6.45) is 1.60. The van der Waals surface area contributed by atoms with Gasteiger partial charge in [-0.3, -0.25) is 14.2 Å². The van der Waals surface area contributed by atoms with Crippen molar-refractivity contribution >= 4 is 29.0 Å². The van der Waals surface area contributed by atoms with E-state index in [1.165, 1.54) is 6.92 Å². The minimum Gasteiger partial charge on any atom is -0.494 e. The van der Waals surface area contributed by atoms with E-state index in [-0.39, 0.29) is 46.2 Å². The molecular formula is C23H20Cl2N2O5. The van der Waals surface area contributed by atoms with Crippen LogP contribution in [0.1, 0.15) is 40.9 Å². The van der Waals surface area contributed by atoms with Crippen LogP contribution >= 0.6 is 23.2 Å². The minimum absolute atomic E-state index is 0.0402. The van der Waals surface area contributed by atoms with E-state index >= 15 is 0 Å².